The summed E-state index contributed by atoms with van der Waals surface area (Å²) in [4.78, 5) is 24.8. The van der Waals surface area contributed by atoms with E-state index in [4.69, 9.17) is 5.11 Å². The van der Waals surface area contributed by atoms with Crippen LogP contribution in [-0.4, -0.2) is 67.3 Å². The molecule has 20 heavy (non-hydrogen) atoms. The smallest absolute Gasteiger partial charge is 0.326 e. The van der Waals surface area contributed by atoms with Crippen molar-refractivity contribution >= 4 is 12.0 Å². The highest BCUT2D eigenvalue weighted by molar-refractivity contribution is 5.82. The summed E-state index contributed by atoms with van der Waals surface area (Å²) in [5.74, 6) is -0.984. The molecule has 1 aliphatic heterocycles. The number of amides is 2. The van der Waals surface area contributed by atoms with Gasteiger partial charge in [-0.3, -0.25) is 0 Å². The van der Waals surface area contributed by atoms with Crippen molar-refractivity contribution in [1.82, 2.24) is 20.9 Å². The van der Waals surface area contributed by atoms with Gasteiger partial charge in [0.2, 0.25) is 0 Å². The number of aliphatic carboxylic acids is 1. The third-order valence-electron chi connectivity index (χ3n) is 3.33. The average Bonchev–Trinajstić information content (AvgIpc) is 2.44. The number of carboxylic acid groups (broad SMARTS) is 1. The van der Waals surface area contributed by atoms with E-state index in [9.17, 15) is 9.59 Å². The molecule has 4 N–H and O–H groups in total. The molecule has 1 fully saturated rings. The predicted molar refractivity (Wildman–Crippen MR) is 76.8 cm³/mol. The number of rotatable bonds is 8. The number of carboxylic acids is 1. The Morgan fingerprint density at radius 1 is 1.35 bits per heavy atom. The molecule has 1 saturated heterocycles. The lowest BCUT2D eigenvalue weighted by atomic mass is 10.2. The molecule has 1 heterocycles. The Morgan fingerprint density at radius 2 is 2.05 bits per heavy atom. The summed E-state index contributed by atoms with van der Waals surface area (Å²) in [5.41, 5.74) is 0. The third-order valence-corrected chi connectivity index (χ3v) is 3.33. The molecule has 0 unspecified atom stereocenters. The summed E-state index contributed by atoms with van der Waals surface area (Å²) in [5, 5.41) is 17.4. The molecule has 0 spiro atoms. The summed E-state index contributed by atoms with van der Waals surface area (Å²) in [6.07, 6.45) is 2.04. The normalized spacial score (nSPS) is 17.4. The number of hydrogen-bond acceptors (Lipinski definition) is 4. The molecule has 116 valence electrons. The van der Waals surface area contributed by atoms with Crippen LogP contribution in [0.1, 0.15) is 26.2 Å². The van der Waals surface area contributed by atoms with Gasteiger partial charge in [-0.15, -0.1) is 0 Å². The number of nitrogens with zero attached hydrogens (tertiary/aromatic N) is 1. The van der Waals surface area contributed by atoms with Crippen molar-refractivity contribution in [3.63, 3.8) is 0 Å². The zero-order valence-corrected chi connectivity index (χ0v) is 12.2. The van der Waals surface area contributed by atoms with Crippen LogP contribution in [0.2, 0.25) is 0 Å². The van der Waals surface area contributed by atoms with Crippen molar-refractivity contribution in [2.75, 3.05) is 39.3 Å². The molecule has 0 radical (unpaired) electrons. The zero-order chi connectivity index (χ0) is 14.8. The Kier molecular flexibility index (Phi) is 7.98. The molecule has 7 heteroatoms. The Bertz CT molecular complexity index is 306. The highest BCUT2D eigenvalue weighted by Gasteiger charge is 2.18. The molecule has 1 rings (SSSR count). The highest BCUT2D eigenvalue weighted by atomic mass is 16.4. The number of nitrogens with one attached hydrogen (secondary N) is 3. The highest BCUT2D eigenvalue weighted by Crippen LogP contribution is 1.97. The molecular weight excluding hydrogens is 260 g/mol. The van der Waals surface area contributed by atoms with Gasteiger partial charge in [0.05, 0.1) is 0 Å². The van der Waals surface area contributed by atoms with Crippen molar-refractivity contribution in [2.24, 2.45) is 0 Å². The van der Waals surface area contributed by atoms with E-state index in [1.54, 1.807) is 0 Å². The second-order valence-electron chi connectivity index (χ2n) is 5.02. The molecule has 1 aliphatic rings. The van der Waals surface area contributed by atoms with Crippen LogP contribution in [0.3, 0.4) is 0 Å². The fourth-order valence-electron chi connectivity index (χ4n) is 2.19. The lowest BCUT2D eigenvalue weighted by Gasteiger charge is -2.27. The van der Waals surface area contributed by atoms with Crippen LogP contribution in [0, 0.1) is 0 Å². The molecule has 7 nitrogen and oxygen atoms in total. The maximum absolute atomic E-state index is 11.6. The van der Waals surface area contributed by atoms with Crippen LogP contribution in [0.15, 0.2) is 0 Å². The summed E-state index contributed by atoms with van der Waals surface area (Å²) < 4.78 is 0. The first-order valence-corrected chi connectivity index (χ1v) is 7.33. The van der Waals surface area contributed by atoms with Crippen molar-refractivity contribution in [2.45, 2.75) is 32.2 Å². The molecule has 1 atom stereocenters. The minimum absolute atomic E-state index is 0.397. The van der Waals surface area contributed by atoms with Crippen molar-refractivity contribution in [3.8, 4) is 0 Å². The van der Waals surface area contributed by atoms with Gasteiger partial charge in [0.15, 0.2) is 0 Å². The molecular formula is C13H26N4O3. The monoisotopic (exact) mass is 286 g/mol. The van der Waals surface area contributed by atoms with E-state index in [0.717, 1.165) is 45.6 Å². The molecule has 0 saturated carbocycles. The maximum Gasteiger partial charge on any atom is 0.326 e. The van der Waals surface area contributed by atoms with Crippen molar-refractivity contribution in [3.05, 3.63) is 0 Å². The lowest BCUT2D eigenvalue weighted by molar-refractivity contribution is -0.139. The first kappa shape index (κ1) is 16.7. The number of urea groups is 1. The largest absolute Gasteiger partial charge is 0.480 e. The van der Waals surface area contributed by atoms with E-state index < -0.39 is 18.0 Å². The van der Waals surface area contributed by atoms with Crippen LogP contribution in [0.5, 0.6) is 0 Å². The minimum Gasteiger partial charge on any atom is -0.480 e. The SMILES string of the molecule is CCC[C@@H](NC(=O)NCCCN1CCNCC1)C(=O)O. The molecule has 2 amide bonds. The Labute approximate surface area is 120 Å². The van der Waals surface area contributed by atoms with Crippen LogP contribution in [-0.2, 0) is 4.79 Å². The van der Waals surface area contributed by atoms with Crippen LogP contribution in [0.4, 0.5) is 4.79 Å². The summed E-state index contributed by atoms with van der Waals surface area (Å²) in [6, 6.07) is -1.20. The number of carbonyl (C=O) groups is 2. The fraction of sp³-hybridized carbons (Fsp3) is 0.846. The Balaban J connectivity index is 2.10. The van der Waals surface area contributed by atoms with E-state index >= 15 is 0 Å². The fourth-order valence-corrected chi connectivity index (χ4v) is 2.19. The molecule has 0 aromatic rings. The van der Waals surface area contributed by atoms with Gasteiger partial charge in [-0.2, -0.15) is 0 Å². The molecule has 0 bridgehead atoms. The van der Waals surface area contributed by atoms with Crippen LogP contribution < -0.4 is 16.0 Å². The van der Waals surface area contributed by atoms with E-state index in [1.165, 1.54) is 0 Å². The first-order valence-electron chi connectivity index (χ1n) is 7.33. The van der Waals surface area contributed by atoms with Gasteiger partial charge in [-0.1, -0.05) is 13.3 Å². The first-order chi connectivity index (χ1) is 9.63. The van der Waals surface area contributed by atoms with Gasteiger partial charge < -0.3 is 26.0 Å². The van der Waals surface area contributed by atoms with E-state index in [1.807, 2.05) is 6.92 Å². The Hall–Kier alpha value is -1.34. The second kappa shape index (κ2) is 9.55. The molecule has 0 aromatic carbocycles. The van der Waals surface area contributed by atoms with Gasteiger partial charge in [0, 0.05) is 32.7 Å². The number of carbonyl (C=O) groups excluding carboxylic acids is 1. The zero-order valence-electron chi connectivity index (χ0n) is 12.2. The van der Waals surface area contributed by atoms with E-state index in [0.29, 0.717) is 13.0 Å². The topological polar surface area (TPSA) is 93.7 Å². The molecule has 0 aromatic heterocycles. The number of piperazine rings is 1. The van der Waals surface area contributed by atoms with Crippen LogP contribution in [0.25, 0.3) is 0 Å². The summed E-state index contributed by atoms with van der Waals surface area (Å²) in [6.45, 7) is 7.54. The quantitative estimate of drug-likeness (QED) is 0.465. The van der Waals surface area contributed by atoms with Gasteiger partial charge in [-0.05, 0) is 19.4 Å². The van der Waals surface area contributed by atoms with Gasteiger partial charge >= 0.3 is 12.0 Å². The minimum atomic E-state index is -0.984. The predicted octanol–water partition coefficient (Wildman–Crippen LogP) is -0.166. The maximum atomic E-state index is 11.6. The van der Waals surface area contributed by atoms with Gasteiger partial charge in [0.25, 0.3) is 0 Å². The standard InChI is InChI=1S/C13H26N4O3/c1-2-4-11(12(18)19)16-13(20)15-5-3-8-17-9-6-14-7-10-17/h11,14H,2-10H2,1H3,(H,18,19)(H2,15,16,20)/t11-/m1/s1. The van der Waals surface area contributed by atoms with Crippen LogP contribution >= 0.6 is 0 Å². The van der Waals surface area contributed by atoms with E-state index in [-0.39, 0.29) is 0 Å². The molecule has 0 aliphatic carbocycles. The van der Waals surface area contributed by atoms with Gasteiger partial charge in [0.1, 0.15) is 6.04 Å². The third kappa shape index (κ3) is 6.72. The second-order valence-corrected chi connectivity index (χ2v) is 5.02. The summed E-state index contributed by atoms with van der Waals surface area (Å²) >= 11 is 0. The average molecular weight is 286 g/mol. The van der Waals surface area contributed by atoms with E-state index in [2.05, 4.69) is 20.9 Å². The Morgan fingerprint density at radius 3 is 2.65 bits per heavy atom. The van der Waals surface area contributed by atoms with Crippen molar-refractivity contribution in [1.29, 1.82) is 0 Å². The van der Waals surface area contributed by atoms with Gasteiger partial charge in [-0.25, -0.2) is 9.59 Å². The van der Waals surface area contributed by atoms with Crippen molar-refractivity contribution < 1.29 is 14.7 Å². The summed E-state index contributed by atoms with van der Waals surface area (Å²) in [7, 11) is 0. The number of hydrogen-bond donors (Lipinski definition) is 4. The lowest BCUT2D eigenvalue weighted by Crippen LogP contribution is -2.47.